The Labute approximate surface area is 97.8 Å². The first-order valence-electron chi connectivity index (χ1n) is 6.37. The predicted molar refractivity (Wildman–Crippen MR) is 65.3 cm³/mol. The molecule has 1 aliphatic heterocycles. The predicted octanol–water partition coefficient (Wildman–Crippen LogP) is 2.24. The van der Waals surface area contributed by atoms with Crippen LogP contribution in [0.5, 0.6) is 0 Å². The third-order valence-corrected chi connectivity index (χ3v) is 3.43. The molecule has 0 bridgehead atoms. The lowest BCUT2D eigenvalue weighted by atomic mass is 10.2. The first-order chi connectivity index (χ1) is 7.90. The van der Waals surface area contributed by atoms with Gasteiger partial charge < -0.3 is 9.73 Å². The molecule has 0 aliphatic carbocycles. The van der Waals surface area contributed by atoms with E-state index < -0.39 is 0 Å². The maximum Gasteiger partial charge on any atom is 0.117 e. The van der Waals surface area contributed by atoms with Gasteiger partial charge in [-0.15, -0.1) is 0 Å². The van der Waals surface area contributed by atoms with Crippen molar-refractivity contribution >= 4 is 0 Å². The van der Waals surface area contributed by atoms with Crippen molar-refractivity contribution < 1.29 is 4.42 Å². The molecule has 1 unspecified atom stereocenters. The molecule has 1 aromatic heterocycles. The summed E-state index contributed by atoms with van der Waals surface area (Å²) in [5.41, 5.74) is 0. The van der Waals surface area contributed by atoms with E-state index in [1.807, 2.05) is 12.1 Å². The van der Waals surface area contributed by atoms with Gasteiger partial charge in [-0.05, 0) is 37.9 Å². The van der Waals surface area contributed by atoms with Gasteiger partial charge in [-0.3, -0.25) is 4.90 Å². The monoisotopic (exact) mass is 222 g/mol. The number of furan rings is 1. The zero-order valence-electron chi connectivity index (χ0n) is 10.1. The molecule has 16 heavy (non-hydrogen) atoms. The molecule has 1 aliphatic rings. The van der Waals surface area contributed by atoms with Crippen molar-refractivity contribution in [2.24, 2.45) is 0 Å². The van der Waals surface area contributed by atoms with Crippen LogP contribution in [0.15, 0.2) is 22.8 Å². The number of hydrogen-bond acceptors (Lipinski definition) is 3. The summed E-state index contributed by atoms with van der Waals surface area (Å²) in [6.45, 7) is 6.63. The number of likely N-dealkylation sites (tertiary alicyclic amines) is 1. The number of nitrogens with zero attached hydrogens (tertiary/aromatic N) is 1. The zero-order valence-corrected chi connectivity index (χ0v) is 10.1. The lowest BCUT2D eigenvalue weighted by Gasteiger charge is -2.23. The van der Waals surface area contributed by atoms with Crippen LogP contribution in [0, 0.1) is 0 Å². The van der Waals surface area contributed by atoms with E-state index >= 15 is 0 Å². The quantitative estimate of drug-likeness (QED) is 0.748. The van der Waals surface area contributed by atoms with E-state index in [0.29, 0.717) is 0 Å². The average Bonchev–Trinajstić information content (AvgIpc) is 2.95. The second-order valence-electron chi connectivity index (χ2n) is 4.50. The van der Waals surface area contributed by atoms with Gasteiger partial charge in [0.2, 0.25) is 0 Å². The van der Waals surface area contributed by atoms with Crippen molar-refractivity contribution in [1.29, 1.82) is 0 Å². The van der Waals surface area contributed by atoms with Crippen molar-refractivity contribution in [3.05, 3.63) is 24.2 Å². The van der Waals surface area contributed by atoms with Gasteiger partial charge in [-0.2, -0.15) is 0 Å². The van der Waals surface area contributed by atoms with Crippen LogP contribution in [-0.2, 0) is 6.54 Å². The molecule has 90 valence electrons. The van der Waals surface area contributed by atoms with Gasteiger partial charge in [-0.1, -0.05) is 6.92 Å². The highest BCUT2D eigenvalue weighted by Crippen LogP contribution is 2.18. The molecule has 3 heteroatoms. The fourth-order valence-corrected chi connectivity index (χ4v) is 2.50. The molecule has 3 nitrogen and oxygen atoms in total. The maximum atomic E-state index is 5.27. The standard InChI is InChI=1S/C13H22N2O/c1-2-12-5-3-8-15(12)9-7-14-11-13-6-4-10-16-13/h4,6,10,12,14H,2-3,5,7-9,11H2,1H3. The fraction of sp³-hybridized carbons (Fsp3) is 0.692. The summed E-state index contributed by atoms with van der Waals surface area (Å²) in [7, 11) is 0. The highest BCUT2D eigenvalue weighted by Gasteiger charge is 2.21. The topological polar surface area (TPSA) is 28.4 Å². The largest absolute Gasteiger partial charge is 0.468 e. The number of nitrogens with one attached hydrogen (secondary N) is 1. The Morgan fingerprint density at radius 1 is 1.56 bits per heavy atom. The van der Waals surface area contributed by atoms with E-state index in [-0.39, 0.29) is 0 Å². The normalized spacial score (nSPS) is 21.7. The van der Waals surface area contributed by atoms with E-state index in [2.05, 4.69) is 17.1 Å². The highest BCUT2D eigenvalue weighted by molar-refractivity contribution is 4.97. The van der Waals surface area contributed by atoms with Gasteiger partial charge in [0.15, 0.2) is 0 Å². The molecule has 0 amide bonds. The molecule has 0 saturated carbocycles. The van der Waals surface area contributed by atoms with Crippen LogP contribution in [0.2, 0.25) is 0 Å². The van der Waals surface area contributed by atoms with Gasteiger partial charge in [0, 0.05) is 19.1 Å². The Balaban J connectivity index is 1.61. The molecule has 2 rings (SSSR count). The molecule has 1 fully saturated rings. The summed E-state index contributed by atoms with van der Waals surface area (Å²) in [4.78, 5) is 2.61. The van der Waals surface area contributed by atoms with E-state index in [9.17, 15) is 0 Å². The Bertz CT molecular complexity index is 284. The number of rotatable bonds is 6. The van der Waals surface area contributed by atoms with E-state index in [1.165, 1.54) is 32.4 Å². The minimum Gasteiger partial charge on any atom is -0.468 e. The summed E-state index contributed by atoms with van der Waals surface area (Å²) in [5, 5.41) is 3.42. The molecular weight excluding hydrogens is 200 g/mol. The van der Waals surface area contributed by atoms with Crippen molar-refractivity contribution in [2.75, 3.05) is 19.6 Å². The average molecular weight is 222 g/mol. The molecule has 1 saturated heterocycles. The van der Waals surface area contributed by atoms with Gasteiger partial charge in [0.05, 0.1) is 12.8 Å². The fourth-order valence-electron chi connectivity index (χ4n) is 2.50. The Hall–Kier alpha value is -0.800. The van der Waals surface area contributed by atoms with Crippen LogP contribution in [0.1, 0.15) is 31.9 Å². The van der Waals surface area contributed by atoms with Crippen molar-refractivity contribution in [2.45, 2.75) is 38.8 Å². The highest BCUT2D eigenvalue weighted by atomic mass is 16.3. The van der Waals surface area contributed by atoms with Crippen LogP contribution in [0.4, 0.5) is 0 Å². The zero-order chi connectivity index (χ0) is 11.2. The molecule has 2 heterocycles. The molecule has 0 spiro atoms. The van der Waals surface area contributed by atoms with Crippen LogP contribution in [0.25, 0.3) is 0 Å². The number of hydrogen-bond donors (Lipinski definition) is 1. The van der Waals surface area contributed by atoms with Gasteiger partial charge in [0.1, 0.15) is 5.76 Å². The first kappa shape index (κ1) is 11.7. The van der Waals surface area contributed by atoms with Gasteiger partial charge >= 0.3 is 0 Å². The maximum absolute atomic E-state index is 5.27. The van der Waals surface area contributed by atoms with E-state index in [0.717, 1.165) is 24.9 Å². The lowest BCUT2D eigenvalue weighted by Crippen LogP contribution is -2.35. The molecular formula is C13H22N2O. The SMILES string of the molecule is CCC1CCCN1CCNCc1ccco1. The third kappa shape index (κ3) is 3.09. The molecule has 0 aromatic carbocycles. The van der Waals surface area contributed by atoms with Gasteiger partial charge in [0.25, 0.3) is 0 Å². The molecule has 1 N–H and O–H groups in total. The van der Waals surface area contributed by atoms with Crippen molar-refractivity contribution in [1.82, 2.24) is 10.2 Å². The summed E-state index contributed by atoms with van der Waals surface area (Å²) >= 11 is 0. The van der Waals surface area contributed by atoms with E-state index in [4.69, 9.17) is 4.42 Å². The van der Waals surface area contributed by atoms with Crippen LogP contribution in [-0.4, -0.2) is 30.6 Å². The van der Waals surface area contributed by atoms with Gasteiger partial charge in [-0.25, -0.2) is 0 Å². The Kier molecular flexibility index (Phi) is 4.43. The summed E-state index contributed by atoms with van der Waals surface area (Å²) in [6.07, 6.45) is 5.77. The first-order valence-corrected chi connectivity index (χ1v) is 6.37. The van der Waals surface area contributed by atoms with Crippen molar-refractivity contribution in [3.8, 4) is 0 Å². The smallest absolute Gasteiger partial charge is 0.117 e. The van der Waals surface area contributed by atoms with Crippen LogP contribution >= 0.6 is 0 Å². The third-order valence-electron chi connectivity index (χ3n) is 3.43. The Morgan fingerprint density at radius 3 is 3.25 bits per heavy atom. The summed E-state index contributed by atoms with van der Waals surface area (Å²) in [5.74, 6) is 1.02. The van der Waals surface area contributed by atoms with E-state index in [1.54, 1.807) is 6.26 Å². The molecule has 1 atom stereocenters. The second kappa shape index (κ2) is 6.06. The summed E-state index contributed by atoms with van der Waals surface area (Å²) < 4.78 is 5.27. The van der Waals surface area contributed by atoms with Crippen LogP contribution < -0.4 is 5.32 Å². The van der Waals surface area contributed by atoms with Crippen molar-refractivity contribution in [3.63, 3.8) is 0 Å². The minimum absolute atomic E-state index is 0.824. The minimum atomic E-state index is 0.824. The molecule has 0 radical (unpaired) electrons. The van der Waals surface area contributed by atoms with Crippen LogP contribution in [0.3, 0.4) is 0 Å². The lowest BCUT2D eigenvalue weighted by molar-refractivity contribution is 0.247. The molecule has 1 aromatic rings. The Morgan fingerprint density at radius 2 is 2.50 bits per heavy atom. The second-order valence-corrected chi connectivity index (χ2v) is 4.50. The summed E-state index contributed by atoms with van der Waals surface area (Å²) in [6, 6.07) is 4.77.